The molecular formula is C14H21BrN2. The quantitative estimate of drug-likeness (QED) is 0.784. The maximum atomic E-state index is 3.48. The molecular weight excluding hydrogens is 276 g/mol. The van der Waals surface area contributed by atoms with Gasteiger partial charge in [0, 0.05) is 41.9 Å². The minimum Gasteiger partial charge on any atom is -0.369 e. The van der Waals surface area contributed by atoms with Crippen LogP contribution in [0.3, 0.4) is 0 Å². The minimum absolute atomic E-state index is 0.297. The normalized spacial score (nSPS) is 18.5. The van der Waals surface area contributed by atoms with E-state index < -0.39 is 0 Å². The molecule has 1 aromatic carbocycles. The number of hydrogen-bond donors (Lipinski definition) is 0. The Morgan fingerprint density at radius 2 is 1.47 bits per heavy atom. The van der Waals surface area contributed by atoms with Crippen molar-refractivity contribution in [2.24, 2.45) is 0 Å². The molecule has 3 heteroatoms. The van der Waals surface area contributed by atoms with E-state index in [0.29, 0.717) is 5.54 Å². The van der Waals surface area contributed by atoms with E-state index in [0.717, 1.165) is 30.7 Å². The second kappa shape index (κ2) is 4.99. The van der Waals surface area contributed by atoms with Gasteiger partial charge in [-0.3, -0.25) is 4.90 Å². The topological polar surface area (TPSA) is 6.48 Å². The van der Waals surface area contributed by atoms with Gasteiger partial charge in [-0.05, 0) is 45.0 Å². The van der Waals surface area contributed by atoms with E-state index in [9.17, 15) is 0 Å². The number of rotatable bonds is 1. The van der Waals surface area contributed by atoms with E-state index >= 15 is 0 Å². The van der Waals surface area contributed by atoms with Gasteiger partial charge in [0.05, 0.1) is 0 Å². The molecule has 17 heavy (non-hydrogen) atoms. The third kappa shape index (κ3) is 3.23. The first kappa shape index (κ1) is 12.9. The highest BCUT2D eigenvalue weighted by Gasteiger charge is 2.25. The number of halogens is 1. The van der Waals surface area contributed by atoms with Crippen molar-refractivity contribution in [2.75, 3.05) is 31.1 Å². The third-order valence-electron chi connectivity index (χ3n) is 3.42. The van der Waals surface area contributed by atoms with Crippen LogP contribution in [-0.2, 0) is 0 Å². The van der Waals surface area contributed by atoms with Gasteiger partial charge in [0.15, 0.2) is 0 Å². The van der Waals surface area contributed by atoms with Gasteiger partial charge in [-0.25, -0.2) is 0 Å². The molecule has 0 unspecified atom stereocenters. The van der Waals surface area contributed by atoms with Crippen LogP contribution >= 0.6 is 15.9 Å². The molecule has 0 bridgehead atoms. The Labute approximate surface area is 113 Å². The van der Waals surface area contributed by atoms with Crippen LogP contribution in [0.25, 0.3) is 0 Å². The van der Waals surface area contributed by atoms with Crippen LogP contribution < -0.4 is 4.90 Å². The van der Waals surface area contributed by atoms with Crippen molar-refractivity contribution in [1.29, 1.82) is 0 Å². The molecule has 0 amide bonds. The van der Waals surface area contributed by atoms with Crippen LogP contribution in [0.1, 0.15) is 20.8 Å². The summed E-state index contributed by atoms with van der Waals surface area (Å²) in [6, 6.07) is 8.62. The molecule has 1 aliphatic rings. The monoisotopic (exact) mass is 296 g/mol. The van der Waals surface area contributed by atoms with Crippen molar-refractivity contribution >= 4 is 21.6 Å². The van der Waals surface area contributed by atoms with Crippen LogP contribution in [0, 0.1) is 0 Å². The molecule has 1 aromatic rings. The second-order valence-electron chi connectivity index (χ2n) is 5.62. The van der Waals surface area contributed by atoms with E-state index in [-0.39, 0.29) is 0 Å². The zero-order chi connectivity index (χ0) is 12.5. The van der Waals surface area contributed by atoms with E-state index in [4.69, 9.17) is 0 Å². The fourth-order valence-electron chi connectivity index (χ4n) is 2.29. The first-order valence-electron chi connectivity index (χ1n) is 6.22. The van der Waals surface area contributed by atoms with Crippen molar-refractivity contribution in [1.82, 2.24) is 4.90 Å². The fourth-order valence-corrected chi connectivity index (χ4v) is 2.55. The fraction of sp³-hybridized carbons (Fsp3) is 0.571. The molecule has 0 atom stereocenters. The molecule has 0 aromatic heterocycles. The van der Waals surface area contributed by atoms with Crippen LogP contribution in [0.5, 0.6) is 0 Å². The second-order valence-corrected chi connectivity index (χ2v) is 6.54. The maximum absolute atomic E-state index is 3.48. The van der Waals surface area contributed by atoms with Crippen molar-refractivity contribution in [3.8, 4) is 0 Å². The predicted molar refractivity (Wildman–Crippen MR) is 77.7 cm³/mol. The number of benzene rings is 1. The largest absolute Gasteiger partial charge is 0.369 e. The highest BCUT2D eigenvalue weighted by molar-refractivity contribution is 9.10. The first-order chi connectivity index (χ1) is 7.97. The van der Waals surface area contributed by atoms with Gasteiger partial charge in [-0.1, -0.05) is 15.9 Å². The molecule has 94 valence electrons. The average Bonchev–Trinajstić information content (AvgIpc) is 2.29. The molecule has 2 nitrogen and oxygen atoms in total. The highest BCUT2D eigenvalue weighted by atomic mass is 79.9. The molecule has 0 N–H and O–H groups in total. The average molecular weight is 297 g/mol. The Hall–Kier alpha value is -0.540. The first-order valence-corrected chi connectivity index (χ1v) is 7.02. The lowest BCUT2D eigenvalue weighted by Crippen LogP contribution is -2.53. The summed E-state index contributed by atoms with van der Waals surface area (Å²) in [6.45, 7) is 11.4. The third-order valence-corrected chi connectivity index (χ3v) is 3.95. The lowest BCUT2D eigenvalue weighted by atomic mass is 10.0. The van der Waals surface area contributed by atoms with E-state index in [1.54, 1.807) is 0 Å². The molecule has 1 saturated heterocycles. The standard InChI is InChI=1S/C14H21BrN2/c1-14(2,3)17-10-8-16(9-11-17)13-6-4-12(15)5-7-13/h4-7H,8-11H2,1-3H3. The molecule has 0 spiro atoms. The summed E-state index contributed by atoms with van der Waals surface area (Å²) < 4.78 is 1.15. The Morgan fingerprint density at radius 3 is 1.94 bits per heavy atom. The molecule has 1 aliphatic heterocycles. The minimum atomic E-state index is 0.297. The van der Waals surface area contributed by atoms with Gasteiger partial charge in [0.25, 0.3) is 0 Å². The summed E-state index contributed by atoms with van der Waals surface area (Å²) in [5.74, 6) is 0. The Balaban J connectivity index is 1.97. The van der Waals surface area contributed by atoms with Gasteiger partial charge < -0.3 is 4.90 Å². The highest BCUT2D eigenvalue weighted by Crippen LogP contribution is 2.22. The molecule has 0 saturated carbocycles. The smallest absolute Gasteiger partial charge is 0.0367 e. The van der Waals surface area contributed by atoms with E-state index in [1.165, 1.54) is 5.69 Å². The number of anilines is 1. The summed E-state index contributed by atoms with van der Waals surface area (Å²) in [5, 5.41) is 0. The van der Waals surface area contributed by atoms with E-state index in [2.05, 4.69) is 70.8 Å². The SMILES string of the molecule is CC(C)(C)N1CCN(c2ccc(Br)cc2)CC1. The van der Waals surface area contributed by atoms with Gasteiger partial charge in [-0.15, -0.1) is 0 Å². The van der Waals surface area contributed by atoms with Gasteiger partial charge in [-0.2, -0.15) is 0 Å². The van der Waals surface area contributed by atoms with Crippen LogP contribution in [-0.4, -0.2) is 36.6 Å². The Bertz CT molecular complexity index is 359. The lowest BCUT2D eigenvalue weighted by Gasteiger charge is -2.43. The number of hydrogen-bond acceptors (Lipinski definition) is 2. The Kier molecular flexibility index (Phi) is 3.79. The summed E-state index contributed by atoms with van der Waals surface area (Å²) in [6.07, 6.45) is 0. The lowest BCUT2D eigenvalue weighted by molar-refractivity contribution is 0.128. The molecule has 1 heterocycles. The Morgan fingerprint density at radius 1 is 0.941 bits per heavy atom. The summed E-state index contributed by atoms with van der Waals surface area (Å²) >= 11 is 3.48. The van der Waals surface area contributed by atoms with Crippen LogP contribution in [0.4, 0.5) is 5.69 Å². The van der Waals surface area contributed by atoms with Crippen molar-refractivity contribution in [3.63, 3.8) is 0 Å². The zero-order valence-corrected chi connectivity index (χ0v) is 12.5. The summed E-state index contributed by atoms with van der Waals surface area (Å²) in [7, 11) is 0. The molecule has 0 radical (unpaired) electrons. The van der Waals surface area contributed by atoms with Gasteiger partial charge >= 0.3 is 0 Å². The predicted octanol–water partition coefficient (Wildman–Crippen LogP) is 3.37. The van der Waals surface area contributed by atoms with Crippen molar-refractivity contribution < 1.29 is 0 Å². The van der Waals surface area contributed by atoms with Crippen LogP contribution in [0.15, 0.2) is 28.7 Å². The molecule has 1 fully saturated rings. The summed E-state index contributed by atoms with van der Waals surface area (Å²) in [4.78, 5) is 5.02. The van der Waals surface area contributed by atoms with Gasteiger partial charge in [0.2, 0.25) is 0 Å². The van der Waals surface area contributed by atoms with Crippen molar-refractivity contribution in [3.05, 3.63) is 28.7 Å². The van der Waals surface area contributed by atoms with E-state index in [1.807, 2.05) is 0 Å². The maximum Gasteiger partial charge on any atom is 0.0367 e. The van der Waals surface area contributed by atoms with Crippen LogP contribution in [0.2, 0.25) is 0 Å². The molecule has 2 rings (SSSR count). The number of nitrogens with zero attached hydrogens (tertiary/aromatic N) is 2. The summed E-state index contributed by atoms with van der Waals surface area (Å²) in [5.41, 5.74) is 1.63. The number of piperazine rings is 1. The zero-order valence-electron chi connectivity index (χ0n) is 10.9. The van der Waals surface area contributed by atoms with Crippen molar-refractivity contribution in [2.45, 2.75) is 26.3 Å². The van der Waals surface area contributed by atoms with Gasteiger partial charge in [0.1, 0.15) is 0 Å². The molecule has 0 aliphatic carbocycles.